The van der Waals surface area contributed by atoms with Gasteiger partial charge in [-0.3, -0.25) is 0 Å². The molecular formula is C21H24F2N4O2S. The van der Waals surface area contributed by atoms with Crippen LogP contribution in [0.2, 0.25) is 0 Å². The average Bonchev–Trinajstić information content (AvgIpc) is 3.15. The Morgan fingerprint density at radius 2 is 2.03 bits per heavy atom. The lowest BCUT2D eigenvalue weighted by molar-refractivity contribution is 0.112. The first kappa shape index (κ1) is 22.2. The Balaban J connectivity index is 2.06. The first-order valence-corrected chi connectivity index (χ1v) is 10.5. The van der Waals surface area contributed by atoms with Crippen molar-refractivity contribution in [1.82, 2.24) is 10.3 Å². The van der Waals surface area contributed by atoms with Crippen LogP contribution in [-0.4, -0.2) is 36.0 Å². The summed E-state index contributed by atoms with van der Waals surface area (Å²) in [5.41, 5.74) is 6.58. The Morgan fingerprint density at radius 1 is 1.27 bits per heavy atom. The van der Waals surface area contributed by atoms with Crippen molar-refractivity contribution in [2.24, 2.45) is 10.8 Å². The summed E-state index contributed by atoms with van der Waals surface area (Å²) in [6.07, 6.45) is 1.08. The van der Waals surface area contributed by atoms with Gasteiger partial charge in [0, 0.05) is 12.2 Å². The molecule has 6 nitrogen and oxygen atoms in total. The molecule has 0 saturated heterocycles. The first-order valence-electron chi connectivity index (χ1n) is 9.66. The summed E-state index contributed by atoms with van der Waals surface area (Å²) in [7, 11) is 0. The van der Waals surface area contributed by atoms with Gasteiger partial charge < -0.3 is 15.8 Å². The molecule has 2 aromatic carbocycles. The van der Waals surface area contributed by atoms with Gasteiger partial charge in [-0.2, -0.15) is 10.1 Å². The van der Waals surface area contributed by atoms with Crippen LogP contribution in [0.25, 0.3) is 0 Å². The number of urea groups is 1. The predicted octanol–water partition coefficient (Wildman–Crippen LogP) is 3.97. The molecule has 160 valence electrons. The SMILES string of the molecule is CCOCNC(=O)N1N=C(c2cc(F)ccc2F)SC1(CCCN)c1ccccc1. The molecule has 0 bridgehead atoms. The molecule has 30 heavy (non-hydrogen) atoms. The van der Waals surface area contributed by atoms with E-state index in [-0.39, 0.29) is 17.3 Å². The van der Waals surface area contributed by atoms with E-state index in [9.17, 15) is 13.6 Å². The van der Waals surface area contributed by atoms with E-state index in [1.54, 1.807) is 0 Å². The Kier molecular flexibility index (Phi) is 7.41. The third kappa shape index (κ3) is 4.63. The van der Waals surface area contributed by atoms with Crippen LogP contribution in [0.3, 0.4) is 0 Å². The number of hydrogen-bond acceptors (Lipinski definition) is 5. The van der Waals surface area contributed by atoms with Crippen LogP contribution in [0.4, 0.5) is 13.6 Å². The highest BCUT2D eigenvalue weighted by Gasteiger charge is 2.48. The van der Waals surface area contributed by atoms with Gasteiger partial charge in [-0.1, -0.05) is 42.1 Å². The maximum Gasteiger partial charge on any atom is 0.341 e. The summed E-state index contributed by atoms with van der Waals surface area (Å²) < 4.78 is 33.5. The predicted molar refractivity (Wildman–Crippen MR) is 114 cm³/mol. The van der Waals surface area contributed by atoms with Crippen molar-refractivity contribution in [3.63, 3.8) is 0 Å². The van der Waals surface area contributed by atoms with Crippen molar-refractivity contribution in [3.8, 4) is 0 Å². The molecule has 2 amide bonds. The van der Waals surface area contributed by atoms with Gasteiger partial charge in [0.05, 0.1) is 0 Å². The van der Waals surface area contributed by atoms with Crippen molar-refractivity contribution < 1.29 is 18.3 Å². The zero-order chi connectivity index (χ0) is 21.6. The zero-order valence-electron chi connectivity index (χ0n) is 16.6. The molecule has 3 rings (SSSR count). The lowest BCUT2D eigenvalue weighted by atomic mass is 10.0. The number of halogens is 2. The number of nitrogens with one attached hydrogen (secondary N) is 1. The van der Waals surface area contributed by atoms with E-state index >= 15 is 0 Å². The second kappa shape index (κ2) is 10.0. The van der Waals surface area contributed by atoms with Crippen LogP contribution in [-0.2, 0) is 9.61 Å². The van der Waals surface area contributed by atoms with E-state index in [0.29, 0.717) is 26.0 Å². The van der Waals surface area contributed by atoms with Gasteiger partial charge in [-0.05, 0) is 50.1 Å². The molecule has 0 saturated carbocycles. The van der Waals surface area contributed by atoms with E-state index < -0.39 is 22.5 Å². The normalized spacial score (nSPS) is 18.4. The number of ether oxygens (including phenoxy) is 1. The molecule has 1 unspecified atom stereocenters. The highest BCUT2D eigenvalue weighted by Crippen LogP contribution is 2.50. The number of nitrogens with two attached hydrogens (primary N) is 1. The molecule has 0 radical (unpaired) electrons. The number of benzene rings is 2. The Bertz CT molecular complexity index is 913. The van der Waals surface area contributed by atoms with Crippen LogP contribution in [0.5, 0.6) is 0 Å². The number of carbonyl (C=O) groups is 1. The second-order valence-corrected chi connectivity index (χ2v) is 7.87. The number of amides is 2. The molecule has 2 aromatic rings. The van der Waals surface area contributed by atoms with Gasteiger partial charge in [0.15, 0.2) is 0 Å². The second-order valence-electron chi connectivity index (χ2n) is 6.60. The minimum atomic E-state index is -0.953. The molecular weight excluding hydrogens is 410 g/mol. The monoisotopic (exact) mass is 434 g/mol. The molecule has 1 heterocycles. The van der Waals surface area contributed by atoms with Gasteiger partial charge in [0.1, 0.15) is 28.3 Å². The Hall–Kier alpha value is -2.49. The van der Waals surface area contributed by atoms with Gasteiger partial charge >= 0.3 is 6.03 Å². The summed E-state index contributed by atoms with van der Waals surface area (Å²) in [6, 6.07) is 12.0. The number of nitrogens with zero attached hydrogens (tertiary/aromatic N) is 2. The van der Waals surface area contributed by atoms with Crippen LogP contribution in [0, 0.1) is 11.6 Å². The standard InChI is InChI=1S/C21H24F2N4O2S/c1-2-29-14-25-20(28)27-21(11-6-12-24,15-7-4-3-5-8-15)30-19(26-27)17-13-16(22)9-10-18(17)23/h3-5,7-10,13H,2,6,11-12,14,24H2,1H3,(H,25,28). The molecule has 3 N–H and O–H groups in total. The topological polar surface area (TPSA) is 80.0 Å². The summed E-state index contributed by atoms with van der Waals surface area (Å²) in [5, 5.41) is 8.60. The number of thioether (sulfide) groups is 1. The first-order chi connectivity index (χ1) is 14.5. The van der Waals surface area contributed by atoms with Crippen LogP contribution >= 0.6 is 11.8 Å². The maximum atomic E-state index is 14.5. The maximum absolute atomic E-state index is 14.5. The highest BCUT2D eigenvalue weighted by molar-refractivity contribution is 8.15. The third-order valence-corrected chi connectivity index (χ3v) is 6.07. The molecule has 0 fully saturated rings. The fourth-order valence-corrected chi connectivity index (χ4v) is 4.61. The van der Waals surface area contributed by atoms with Crippen molar-refractivity contribution in [3.05, 3.63) is 71.3 Å². The smallest absolute Gasteiger partial charge is 0.341 e. The summed E-state index contributed by atoms with van der Waals surface area (Å²) in [5.74, 6) is -1.19. The van der Waals surface area contributed by atoms with E-state index in [1.807, 2.05) is 37.3 Å². The van der Waals surface area contributed by atoms with E-state index in [0.717, 1.165) is 23.8 Å². The molecule has 1 aliphatic heterocycles. The van der Waals surface area contributed by atoms with E-state index in [2.05, 4.69) is 10.4 Å². The number of carbonyl (C=O) groups excluding carboxylic acids is 1. The van der Waals surface area contributed by atoms with Crippen molar-refractivity contribution in [1.29, 1.82) is 0 Å². The molecule has 0 spiro atoms. The third-order valence-electron chi connectivity index (χ3n) is 4.62. The summed E-state index contributed by atoms with van der Waals surface area (Å²) in [4.78, 5) is 12.1. The summed E-state index contributed by atoms with van der Waals surface area (Å²) in [6.45, 7) is 2.68. The number of hydrazone groups is 1. The van der Waals surface area contributed by atoms with Crippen LogP contribution < -0.4 is 11.1 Å². The van der Waals surface area contributed by atoms with Gasteiger partial charge in [0.2, 0.25) is 0 Å². The quantitative estimate of drug-likeness (QED) is 0.487. The molecule has 0 aliphatic carbocycles. The molecule has 9 heteroatoms. The minimum Gasteiger partial charge on any atom is -0.361 e. The van der Waals surface area contributed by atoms with Gasteiger partial charge in [-0.25, -0.2) is 13.6 Å². The average molecular weight is 435 g/mol. The number of rotatable bonds is 8. The van der Waals surface area contributed by atoms with Crippen molar-refractivity contribution >= 4 is 22.8 Å². The molecule has 1 atom stereocenters. The lowest BCUT2D eigenvalue weighted by Crippen LogP contribution is -2.47. The fraction of sp³-hybridized carbons (Fsp3) is 0.333. The van der Waals surface area contributed by atoms with Crippen LogP contribution in [0.15, 0.2) is 53.6 Å². The van der Waals surface area contributed by atoms with Crippen molar-refractivity contribution in [2.45, 2.75) is 24.6 Å². The van der Waals surface area contributed by atoms with Gasteiger partial charge in [-0.15, -0.1) is 0 Å². The fourth-order valence-electron chi connectivity index (χ4n) is 3.19. The van der Waals surface area contributed by atoms with Crippen LogP contribution in [0.1, 0.15) is 30.9 Å². The van der Waals surface area contributed by atoms with E-state index in [1.165, 1.54) is 16.8 Å². The Morgan fingerprint density at radius 3 is 2.73 bits per heavy atom. The van der Waals surface area contributed by atoms with E-state index in [4.69, 9.17) is 10.5 Å². The zero-order valence-corrected chi connectivity index (χ0v) is 17.4. The largest absolute Gasteiger partial charge is 0.361 e. The van der Waals surface area contributed by atoms with Crippen molar-refractivity contribution in [2.75, 3.05) is 19.9 Å². The summed E-state index contributed by atoms with van der Waals surface area (Å²) >= 11 is 1.21. The highest BCUT2D eigenvalue weighted by atomic mass is 32.2. The Labute approximate surface area is 178 Å². The number of hydrogen-bond donors (Lipinski definition) is 2. The lowest BCUT2D eigenvalue weighted by Gasteiger charge is -2.35. The molecule has 0 aromatic heterocycles. The molecule has 1 aliphatic rings. The van der Waals surface area contributed by atoms with Gasteiger partial charge in [0.25, 0.3) is 0 Å². The minimum absolute atomic E-state index is 0.00756.